The first-order chi connectivity index (χ1) is 13.3. The van der Waals surface area contributed by atoms with E-state index >= 15 is 0 Å². The maximum absolute atomic E-state index is 13.3. The Morgan fingerprint density at radius 2 is 1.89 bits per heavy atom. The standard InChI is InChI=1S/C21H26O5S2/c1-10-8-12(3)21(27-6-7-28-21)15-18-20(26-19(15)24)9-11(2)17(25-18)16(23)13(20)4-5-14(10)22/h4-5,10-13,16-17,23H,6-9H2,1-3H3/b5-4+/t10-,11+,12+,13+,16+,17+,20+/m0/s1. The van der Waals surface area contributed by atoms with Crippen molar-refractivity contribution in [1.82, 2.24) is 0 Å². The van der Waals surface area contributed by atoms with Gasteiger partial charge in [-0.3, -0.25) is 4.79 Å². The summed E-state index contributed by atoms with van der Waals surface area (Å²) in [6.45, 7) is 6.12. The highest BCUT2D eigenvalue weighted by molar-refractivity contribution is 8.21. The lowest BCUT2D eigenvalue weighted by molar-refractivity contribution is -0.220. The predicted octanol–water partition coefficient (Wildman–Crippen LogP) is 2.93. The molecule has 1 N–H and O–H groups in total. The first-order valence-electron chi connectivity index (χ1n) is 10.1. The molecule has 1 saturated carbocycles. The van der Waals surface area contributed by atoms with Crippen molar-refractivity contribution in [3.05, 3.63) is 23.5 Å². The van der Waals surface area contributed by atoms with Crippen molar-refractivity contribution >= 4 is 35.3 Å². The number of thioether (sulfide) groups is 2. The molecule has 4 fully saturated rings. The van der Waals surface area contributed by atoms with Crippen LogP contribution in [0.5, 0.6) is 0 Å². The summed E-state index contributed by atoms with van der Waals surface area (Å²) in [7, 11) is 0. The Morgan fingerprint density at radius 1 is 1.18 bits per heavy atom. The van der Waals surface area contributed by atoms with Crippen LogP contribution in [-0.4, -0.2) is 50.3 Å². The first kappa shape index (κ1) is 19.1. The van der Waals surface area contributed by atoms with E-state index in [0.29, 0.717) is 24.2 Å². The van der Waals surface area contributed by atoms with Crippen LogP contribution in [0, 0.1) is 23.7 Å². The Hall–Kier alpha value is -0.920. The maximum Gasteiger partial charge on any atom is 0.340 e. The summed E-state index contributed by atoms with van der Waals surface area (Å²) in [5, 5.41) is 11.0. The molecular weight excluding hydrogens is 396 g/mol. The topological polar surface area (TPSA) is 72.8 Å². The van der Waals surface area contributed by atoms with E-state index in [1.54, 1.807) is 35.7 Å². The molecule has 7 heteroatoms. The molecule has 0 radical (unpaired) electrons. The van der Waals surface area contributed by atoms with E-state index in [0.717, 1.165) is 11.5 Å². The van der Waals surface area contributed by atoms with Crippen LogP contribution in [-0.2, 0) is 19.1 Å². The molecule has 0 unspecified atom stereocenters. The lowest BCUT2D eigenvalue weighted by atomic mass is 9.64. The summed E-state index contributed by atoms with van der Waals surface area (Å²) in [4.78, 5) is 26.1. The van der Waals surface area contributed by atoms with E-state index in [-0.39, 0.29) is 35.6 Å². The molecule has 7 atom stereocenters. The van der Waals surface area contributed by atoms with Gasteiger partial charge in [0.05, 0.1) is 10.00 Å². The molecule has 2 aliphatic carbocycles. The van der Waals surface area contributed by atoms with E-state index in [1.807, 2.05) is 13.8 Å². The normalized spacial score (nSPS) is 47.7. The van der Waals surface area contributed by atoms with Crippen LogP contribution in [0.2, 0.25) is 0 Å². The number of esters is 1. The fourth-order valence-corrected chi connectivity index (χ4v) is 9.30. The molecule has 2 spiro atoms. The van der Waals surface area contributed by atoms with Gasteiger partial charge in [0.15, 0.2) is 17.1 Å². The number of hydrogen-bond acceptors (Lipinski definition) is 7. The summed E-state index contributed by atoms with van der Waals surface area (Å²) < 4.78 is 12.0. The minimum atomic E-state index is -0.985. The number of rotatable bonds is 0. The zero-order valence-corrected chi connectivity index (χ0v) is 18.0. The van der Waals surface area contributed by atoms with Crippen molar-refractivity contribution in [3.8, 4) is 0 Å². The molecule has 0 aromatic heterocycles. The third-order valence-corrected chi connectivity index (χ3v) is 11.0. The number of aliphatic hydroxyl groups is 1. The molecule has 0 aromatic rings. The molecule has 28 heavy (non-hydrogen) atoms. The number of fused-ring (bicyclic) bond motifs is 2. The van der Waals surface area contributed by atoms with Gasteiger partial charge in [0.25, 0.3) is 0 Å². The van der Waals surface area contributed by atoms with E-state index in [4.69, 9.17) is 9.47 Å². The van der Waals surface area contributed by atoms with Crippen LogP contribution >= 0.6 is 23.5 Å². The highest BCUT2D eigenvalue weighted by Crippen LogP contribution is 2.64. The van der Waals surface area contributed by atoms with Crippen LogP contribution in [0.4, 0.5) is 0 Å². The Labute approximate surface area is 173 Å². The fraction of sp³-hybridized carbons (Fsp3) is 0.714. The van der Waals surface area contributed by atoms with Gasteiger partial charge in [-0.15, -0.1) is 23.5 Å². The zero-order valence-electron chi connectivity index (χ0n) is 16.3. The highest BCUT2D eigenvalue weighted by atomic mass is 32.2. The summed E-state index contributed by atoms with van der Waals surface area (Å²) in [6.07, 6.45) is 3.52. The second kappa shape index (κ2) is 6.29. The summed E-state index contributed by atoms with van der Waals surface area (Å²) in [5.41, 5.74) is -0.336. The van der Waals surface area contributed by atoms with Crippen molar-refractivity contribution in [3.63, 3.8) is 0 Å². The molecule has 5 nitrogen and oxygen atoms in total. The molecule has 4 aliphatic heterocycles. The summed E-state index contributed by atoms with van der Waals surface area (Å²) >= 11 is 3.57. The van der Waals surface area contributed by atoms with Crippen LogP contribution in [0.25, 0.3) is 0 Å². The van der Waals surface area contributed by atoms with Crippen LogP contribution in [0.1, 0.15) is 33.6 Å². The first-order valence-corrected chi connectivity index (χ1v) is 12.1. The van der Waals surface area contributed by atoms with E-state index in [2.05, 4.69) is 6.92 Å². The Morgan fingerprint density at radius 3 is 2.61 bits per heavy atom. The average molecular weight is 423 g/mol. The number of allylic oxidation sites excluding steroid dienone is 1. The third kappa shape index (κ3) is 2.33. The van der Waals surface area contributed by atoms with E-state index in [1.165, 1.54) is 0 Å². The Bertz CT molecular complexity index is 799. The van der Waals surface area contributed by atoms with E-state index < -0.39 is 21.7 Å². The molecule has 6 rings (SSSR count). The number of ketones is 1. The number of ether oxygens (including phenoxy) is 2. The van der Waals surface area contributed by atoms with Gasteiger partial charge in [0, 0.05) is 23.8 Å². The Balaban J connectivity index is 1.76. The van der Waals surface area contributed by atoms with Gasteiger partial charge in [-0.05, 0) is 24.3 Å². The molecule has 6 aliphatic rings. The molecule has 3 saturated heterocycles. The third-order valence-electron chi connectivity index (χ3n) is 7.15. The van der Waals surface area contributed by atoms with Crippen molar-refractivity contribution in [2.24, 2.45) is 23.7 Å². The van der Waals surface area contributed by atoms with Gasteiger partial charge < -0.3 is 14.6 Å². The number of carbonyl (C=O) groups excluding carboxylic acids is 2. The highest BCUT2D eigenvalue weighted by Gasteiger charge is 2.69. The lowest BCUT2D eigenvalue weighted by Crippen LogP contribution is -2.63. The maximum atomic E-state index is 13.3. The zero-order chi connectivity index (χ0) is 19.8. The molecule has 0 aromatic carbocycles. The molecule has 4 heterocycles. The van der Waals surface area contributed by atoms with Crippen molar-refractivity contribution in [2.75, 3.05) is 11.5 Å². The van der Waals surface area contributed by atoms with Crippen LogP contribution in [0.3, 0.4) is 0 Å². The number of carbonyl (C=O) groups is 2. The smallest absolute Gasteiger partial charge is 0.340 e. The minimum Gasteiger partial charge on any atom is -0.487 e. The second-order valence-electron chi connectivity index (χ2n) is 8.93. The van der Waals surface area contributed by atoms with Gasteiger partial charge in [0.1, 0.15) is 17.8 Å². The minimum absolute atomic E-state index is 0.0738. The van der Waals surface area contributed by atoms with Crippen LogP contribution < -0.4 is 0 Å². The average Bonchev–Trinajstić information content (AvgIpc) is 3.22. The quantitative estimate of drug-likeness (QED) is 0.602. The fourth-order valence-electron chi connectivity index (χ4n) is 5.79. The summed E-state index contributed by atoms with van der Waals surface area (Å²) in [5.74, 6) is 1.94. The number of aliphatic hydroxyl groups excluding tert-OH is 1. The van der Waals surface area contributed by atoms with Crippen molar-refractivity contribution in [2.45, 2.75) is 55.5 Å². The van der Waals surface area contributed by atoms with Crippen LogP contribution in [0.15, 0.2) is 23.5 Å². The number of hydrogen-bond donors (Lipinski definition) is 1. The van der Waals surface area contributed by atoms with Gasteiger partial charge in [-0.1, -0.05) is 26.8 Å². The molecule has 5 bridgehead atoms. The summed E-state index contributed by atoms with van der Waals surface area (Å²) in [6, 6.07) is 0. The second-order valence-corrected chi connectivity index (χ2v) is 11.9. The molecule has 152 valence electrons. The monoisotopic (exact) mass is 422 g/mol. The molecule has 0 amide bonds. The lowest BCUT2D eigenvalue weighted by Gasteiger charge is -2.54. The van der Waals surface area contributed by atoms with Crippen molar-refractivity contribution in [1.29, 1.82) is 0 Å². The predicted molar refractivity (Wildman–Crippen MR) is 109 cm³/mol. The van der Waals surface area contributed by atoms with Gasteiger partial charge >= 0.3 is 5.97 Å². The van der Waals surface area contributed by atoms with Gasteiger partial charge in [-0.25, -0.2) is 4.79 Å². The molecular formula is C21H26O5S2. The Kier molecular flexibility index (Phi) is 4.28. The van der Waals surface area contributed by atoms with Gasteiger partial charge in [0.2, 0.25) is 0 Å². The van der Waals surface area contributed by atoms with E-state index in [9.17, 15) is 14.7 Å². The van der Waals surface area contributed by atoms with Crippen molar-refractivity contribution < 1.29 is 24.2 Å². The van der Waals surface area contributed by atoms with Gasteiger partial charge in [-0.2, -0.15) is 0 Å². The largest absolute Gasteiger partial charge is 0.487 e. The SMILES string of the molecule is C[C@@H]1C[C@]23OC(=O)C4=C2O[C@H]1[C@H](O)[C@H]3/C=C/C(=O)[C@@H](C)C[C@@H](C)C41SCCS1.